The van der Waals surface area contributed by atoms with Crippen LogP contribution in [0, 0.1) is 10.1 Å². The normalized spacial score (nSPS) is 12.4. The van der Waals surface area contributed by atoms with Crippen molar-refractivity contribution in [3.63, 3.8) is 0 Å². The van der Waals surface area contributed by atoms with Gasteiger partial charge in [0.1, 0.15) is 0 Å². The van der Waals surface area contributed by atoms with Crippen LogP contribution in [0.1, 0.15) is 11.1 Å². The van der Waals surface area contributed by atoms with Crippen LogP contribution >= 0.6 is 0 Å². The molecule has 0 bridgehead atoms. The highest BCUT2D eigenvalue weighted by molar-refractivity contribution is 6.14. The van der Waals surface area contributed by atoms with Crippen molar-refractivity contribution in [1.29, 1.82) is 0 Å². The highest BCUT2D eigenvalue weighted by atomic mass is 16.6. The molecule has 0 saturated heterocycles. The van der Waals surface area contributed by atoms with Crippen LogP contribution in [0.15, 0.2) is 109 Å². The summed E-state index contributed by atoms with van der Waals surface area (Å²) in [5.74, 6) is 0. The minimum Gasteiger partial charge on any atom is -0.309 e. The third-order valence-electron chi connectivity index (χ3n) is 7.37. The summed E-state index contributed by atoms with van der Waals surface area (Å²) in [5, 5.41) is 14.4. The fraction of sp³-hybridized carbons (Fsp3) is 0.0625. The van der Waals surface area contributed by atoms with Gasteiger partial charge in [0, 0.05) is 22.5 Å². The molecular formula is C32H22N2O2. The van der Waals surface area contributed by atoms with E-state index in [1.807, 2.05) is 18.2 Å². The molecule has 7 rings (SSSR count). The molecular weight excluding hydrogens is 444 g/mol. The van der Waals surface area contributed by atoms with E-state index in [9.17, 15) is 10.1 Å². The van der Waals surface area contributed by atoms with Gasteiger partial charge in [-0.1, -0.05) is 72.8 Å². The quantitative estimate of drug-likeness (QED) is 0.194. The van der Waals surface area contributed by atoms with E-state index >= 15 is 0 Å². The second-order valence-electron chi connectivity index (χ2n) is 9.36. The van der Waals surface area contributed by atoms with Gasteiger partial charge in [-0.2, -0.15) is 0 Å². The molecule has 4 heteroatoms. The Kier molecular flexibility index (Phi) is 4.55. The van der Waals surface area contributed by atoms with Gasteiger partial charge in [0.15, 0.2) is 0 Å². The van der Waals surface area contributed by atoms with E-state index in [1.54, 1.807) is 12.1 Å². The lowest BCUT2D eigenvalue weighted by atomic mass is 9.88. The Morgan fingerprint density at radius 1 is 0.611 bits per heavy atom. The van der Waals surface area contributed by atoms with E-state index < -0.39 is 0 Å². The minimum absolute atomic E-state index is 0.135. The van der Waals surface area contributed by atoms with Crippen molar-refractivity contribution < 1.29 is 4.92 Å². The van der Waals surface area contributed by atoms with Gasteiger partial charge in [-0.3, -0.25) is 10.1 Å². The molecule has 36 heavy (non-hydrogen) atoms. The Balaban J connectivity index is 1.51. The van der Waals surface area contributed by atoms with Crippen molar-refractivity contribution in [3.05, 3.63) is 130 Å². The SMILES string of the molecule is O=[N+]([O-])c1ccccc1-c1cc2c3c4c(cccc4n(-c4ccc(-c5ccccc5)cc4)c3c1)CC2. The molecule has 0 radical (unpaired) electrons. The first-order chi connectivity index (χ1) is 17.7. The third-order valence-corrected chi connectivity index (χ3v) is 7.37. The molecule has 1 aliphatic carbocycles. The molecule has 172 valence electrons. The summed E-state index contributed by atoms with van der Waals surface area (Å²) in [6, 6.07) is 36.9. The summed E-state index contributed by atoms with van der Waals surface area (Å²) in [6.45, 7) is 0. The fourth-order valence-electron chi connectivity index (χ4n) is 5.76. The van der Waals surface area contributed by atoms with Gasteiger partial charge in [0.25, 0.3) is 5.69 Å². The summed E-state index contributed by atoms with van der Waals surface area (Å²) in [4.78, 5) is 11.5. The molecule has 0 N–H and O–H groups in total. The maximum atomic E-state index is 11.8. The molecule has 0 amide bonds. The Bertz CT molecular complexity index is 1800. The number of para-hydroxylation sites is 1. The first-order valence-electron chi connectivity index (χ1n) is 12.2. The van der Waals surface area contributed by atoms with E-state index in [1.165, 1.54) is 38.5 Å². The number of aromatic nitrogens is 1. The topological polar surface area (TPSA) is 48.1 Å². The largest absolute Gasteiger partial charge is 0.309 e. The van der Waals surface area contributed by atoms with Crippen LogP contribution < -0.4 is 0 Å². The first kappa shape index (κ1) is 20.7. The van der Waals surface area contributed by atoms with Crippen LogP contribution in [0.4, 0.5) is 5.69 Å². The van der Waals surface area contributed by atoms with Crippen LogP contribution in [-0.4, -0.2) is 9.49 Å². The van der Waals surface area contributed by atoms with Gasteiger partial charge < -0.3 is 4.57 Å². The molecule has 0 unspecified atom stereocenters. The fourth-order valence-corrected chi connectivity index (χ4v) is 5.76. The van der Waals surface area contributed by atoms with Gasteiger partial charge in [0.2, 0.25) is 0 Å². The van der Waals surface area contributed by atoms with E-state index in [0.717, 1.165) is 29.6 Å². The first-order valence-corrected chi connectivity index (χ1v) is 12.2. The van der Waals surface area contributed by atoms with Crippen molar-refractivity contribution in [2.24, 2.45) is 0 Å². The van der Waals surface area contributed by atoms with Crippen LogP contribution in [0.3, 0.4) is 0 Å². The van der Waals surface area contributed by atoms with E-state index in [2.05, 4.69) is 83.4 Å². The third kappa shape index (κ3) is 3.08. The molecule has 0 spiro atoms. The molecule has 0 atom stereocenters. The van der Waals surface area contributed by atoms with Crippen molar-refractivity contribution in [1.82, 2.24) is 4.57 Å². The number of nitrogens with zero attached hydrogens (tertiary/aromatic N) is 2. The lowest BCUT2D eigenvalue weighted by Gasteiger charge is -2.15. The predicted octanol–water partition coefficient (Wildman–Crippen LogP) is 8.12. The number of benzene rings is 5. The van der Waals surface area contributed by atoms with Crippen molar-refractivity contribution in [2.75, 3.05) is 0 Å². The zero-order chi connectivity index (χ0) is 24.2. The van der Waals surface area contributed by atoms with E-state index in [0.29, 0.717) is 5.56 Å². The second-order valence-corrected chi connectivity index (χ2v) is 9.36. The van der Waals surface area contributed by atoms with Gasteiger partial charge >= 0.3 is 0 Å². The Morgan fingerprint density at radius 2 is 1.31 bits per heavy atom. The summed E-state index contributed by atoms with van der Waals surface area (Å²) in [6.07, 6.45) is 1.89. The van der Waals surface area contributed by atoms with E-state index in [-0.39, 0.29) is 10.6 Å². The molecule has 1 heterocycles. The lowest BCUT2D eigenvalue weighted by Crippen LogP contribution is -1.99. The average molecular weight is 467 g/mol. The smallest absolute Gasteiger partial charge is 0.277 e. The molecule has 5 aromatic carbocycles. The standard InChI is InChI=1S/C32H22N2O2/c35-34(36)28-11-5-4-10-27(28)25-19-24-14-13-23-9-6-12-29-31(23)32(24)30(20-25)33(29)26-17-15-22(16-18-26)21-7-2-1-3-8-21/h1-12,15-20H,13-14H2. The Labute approximate surface area is 208 Å². The molecule has 1 aromatic heterocycles. The van der Waals surface area contributed by atoms with Crippen molar-refractivity contribution in [3.8, 4) is 27.9 Å². The maximum absolute atomic E-state index is 11.8. The number of aryl methyl sites for hydroxylation is 2. The molecule has 0 fully saturated rings. The predicted molar refractivity (Wildman–Crippen MR) is 146 cm³/mol. The minimum atomic E-state index is -0.291. The zero-order valence-electron chi connectivity index (χ0n) is 19.5. The molecule has 4 nitrogen and oxygen atoms in total. The molecule has 6 aromatic rings. The Hall–Kier alpha value is -4.70. The monoisotopic (exact) mass is 466 g/mol. The number of nitro groups is 1. The molecule has 1 aliphatic rings. The zero-order valence-corrected chi connectivity index (χ0v) is 19.5. The number of rotatable bonds is 4. The van der Waals surface area contributed by atoms with Gasteiger partial charge in [-0.05, 0) is 71.0 Å². The lowest BCUT2D eigenvalue weighted by molar-refractivity contribution is -0.384. The van der Waals surface area contributed by atoms with E-state index in [4.69, 9.17) is 0 Å². The average Bonchev–Trinajstić information content (AvgIpc) is 3.27. The Morgan fingerprint density at radius 3 is 2.11 bits per heavy atom. The van der Waals surface area contributed by atoms with Crippen molar-refractivity contribution in [2.45, 2.75) is 12.8 Å². The van der Waals surface area contributed by atoms with Crippen molar-refractivity contribution >= 4 is 27.5 Å². The highest BCUT2D eigenvalue weighted by Crippen LogP contribution is 2.43. The molecule has 0 aliphatic heterocycles. The number of nitro benzene ring substituents is 1. The van der Waals surface area contributed by atoms with Gasteiger partial charge in [-0.15, -0.1) is 0 Å². The summed E-state index contributed by atoms with van der Waals surface area (Å²) < 4.78 is 2.32. The van der Waals surface area contributed by atoms with Crippen LogP contribution in [0.2, 0.25) is 0 Å². The summed E-state index contributed by atoms with van der Waals surface area (Å²) >= 11 is 0. The number of hydrogen-bond donors (Lipinski definition) is 0. The van der Waals surface area contributed by atoms with Gasteiger partial charge in [-0.25, -0.2) is 0 Å². The summed E-state index contributed by atoms with van der Waals surface area (Å²) in [5.41, 5.74) is 10.0. The molecule has 0 saturated carbocycles. The van der Waals surface area contributed by atoms with Crippen LogP contribution in [0.25, 0.3) is 49.7 Å². The van der Waals surface area contributed by atoms with Crippen LogP contribution in [0.5, 0.6) is 0 Å². The number of hydrogen-bond acceptors (Lipinski definition) is 2. The summed E-state index contributed by atoms with van der Waals surface area (Å²) in [7, 11) is 0. The van der Waals surface area contributed by atoms with Gasteiger partial charge in [0.05, 0.1) is 21.5 Å². The maximum Gasteiger partial charge on any atom is 0.277 e. The van der Waals surface area contributed by atoms with Crippen LogP contribution in [-0.2, 0) is 12.8 Å². The second kappa shape index (κ2) is 7.92. The highest BCUT2D eigenvalue weighted by Gasteiger charge is 2.24.